The predicted octanol–water partition coefficient (Wildman–Crippen LogP) is 2.72. The van der Waals surface area contributed by atoms with E-state index in [1.807, 2.05) is 12.3 Å². The van der Waals surface area contributed by atoms with Gasteiger partial charge in [0.15, 0.2) is 5.96 Å². The van der Waals surface area contributed by atoms with Crippen LogP contribution in [0.4, 0.5) is 0 Å². The molecular weight excluding hydrogens is 457 g/mol. The van der Waals surface area contributed by atoms with E-state index >= 15 is 0 Å². The Bertz CT molecular complexity index is 748. The molecule has 8 heteroatoms. The van der Waals surface area contributed by atoms with Gasteiger partial charge in [-0.15, -0.1) is 24.0 Å². The van der Waals surface area contributed by atoms with Gasteiger partial charge in [0.2, 0.25) is 5.56 Å². The number of guanidine groups is 1. The van der Waals surface area contributed by atoms with Crippen molar-refractivity contribution in [1.29, 1.82) is 0 Å². The summed E-state index contributed by atoms with van der Waals surface area (Å²) in [6, 6.07) is 5.23. The van der Waals surface area contributed by atoms with Crippen molar-refractivity contribution in [3.63, 3.8) is 0 Å². The molecule has 7 nitrogen and oxygen atoms in total. The summed E-state index contributed by atoms with van der Waals surface area (Å²) in [6.45, 7) is 6.31. The van der Waals surface area contributed by atoms with Gasteiger partial charge >= 0.3 is 0 Å². The van der Waals surface area contributed by atoms with Gasteiger partial charge in [0.25, 0.3) is 0 Å². The minimum absolute atomic E-state index is 0. The quantitative estimate of drug-likeness (QED) is 0.246. The van der Waals surface area contributed by atoms with Crippen molar-refractivity contribution in [3.8, 4) is 0 Å². The predicted molar refractivity (Wildman–Crippen MR) is 119 cm³/mol. The first kappa shape index (κ1) is 23.2. The van der Waals surface area contributed by atoms with Gasteiger partial charge in [-0.2, -0.15) is 0 Å². The number of aliphatic imine (C=N–C) groups is 1. The van der Waals surface area contributed by atoms with E-state index in [1.165, 1.54) is 0 Å². The molecule has 0 unspecified atom stereocenters. The van der Waals surface area contributed by atoms with Crippen LogP contribution in [0.1, 0.15) is 43.7 Å². The fraction of sp³-hybridized carbons (Fsp3) is 0.526. The van der Waals surface area contributed by atoms with Gasteiger partial charge in [-0.3, -0.25) is 9.79 Å². The summed E-state index contributed by atoms with van der Waals surface area (Å²) in [6.07, 6.45) is 5.39. The molecule has 0 aromatic carbocycles. The van der Waals surface area contributed by atoms with Gasteiger partial charge < -0.3 is 19.7 Å². The SMILES string of the molecule is CCc1noc(CC)c1CNC(=NC)NCCCCn1ccccc1=O.I. The maximum absolute atomic E-state index is 11.6. The van der Waals surface area contributed by atoms with E-state index in [0.717, 1.165) is 61.7 Å². The third kappa shape index (κ3) is 7.00. The van der Waals surface area contributed by atoms with E-state index in [0.29, 0.717) is 6.54 Å². The second-order valence-corrected chi connectivity index (χ2v) is 6.03. The number of pyridine rings is 1. The smallest absolute Gasteiger partial charge is 0.250 e. The molecule has 0 saturated carbocycles. The number of unbranched alkanes of at least 4 members (excludes halogenated alkanes) is 1. The molecule has 0 atom stereocenters. The molecule has 0 aliphatic carbocycles. The molecule has 0 bridgehead atoms. The van der Waals surface area contributed by atoms with E-state index in [2.05, 4.69) is 34.6 Å². The lowest BCUT2D eigenvalue weighted by Crippen LogP contribution is -2.37. The number of halogens is 1. The maximum atomic E-state index is 11.6. The second kappa shape index (κ2) is 12.5. The van der Waals surface area contributed by atoms with Crippen LogP contribution in [0.15, 0.2) is 38.7 Å². The van der Waals surface area contributed by atoms with E-state index in [-0.39, 0.29) is 29.5 Å². The van der Waals surface area contributed by atoms with E-state index < -0.39 is 0 Å². The third-order valence-corrected chi connectivity index (χ3v) is 4.28. The van der Waals surface area contributed by atoms with Crippen molar-refractivity contribution in [3.05, 3.63) is 51.8 Å². The summed E-state index contributed by atoms with van der Waals surface area (Å²) in [4.78, 5) is 15.9. The Morgan fingerprint density at radius 1 is 1.22 bits per heavy atom. The summed E-state index contributed by atoms with van der Waals surface area (Å²) in [5, 5.41) is 10.8. The molecule has 27 heavy (non-hydrogen) atoms. The number of aryl methyl sites for hydroxylation is 3. The molecule has 2 heterocycles. The molecule has 0 aliphatic rings. The normalized spacial score (nSPS) is 11.1. The van der Waals surface area contributed by atoms with Crippen LogP contribution in [0.3, 0.4) is 0 Å². The Morgan fingerprint density at radius 3 is 2.70 bits per heavy atom. The molecule has 0 saturated heterocycles. The zero-order chi connectivity index (χ0) is 18.8. The van der Waals surface area contributed by atoms with Crippen molar-refractivity contribution < 1.29 is 4.52 Å². The maximum Gasteiger partial charge on any atom is 0.250 e. The molecule has 2 rings (SSSR count). The van der Waals surface area contributed by atoms with Crippen molar-refractivity contribution in [2.24, 2.45) is 4.99 Å². The van der Waals surface area contributed by atoms with Gasteiger partial charge in [0, 0.05) is 50.9 Å². The first-order chi connectivity index (χ1) is 12.7. The number of aromatic nitrogens is 2. The van der Waals surface area contributed by atoms with Gasteiger partial charge in [0.1, 0.15) is 5.76 Å². The Labute approximate surface area is 177 Å². The Kier molecular flexibility index (Phi) is 10.8. The van der Waals surface area contributed by atoms with Crippen LogP contribution < -0.4 is 16.2 Å². The monoisotopic (exact) mass is 487 g/mol. The molecule has 0 spiro atoms. The number of rotatable bonds is 9. The Balaban J connectivity index is 0.00000364. The standard InChI is InChI=1S/C19H29N5O2.HI/c1-4-16-15(17(5-2)26-23-16)14-22-19(20-3)21-11-7-9-13-24-12-8-6-10-18(24)25;/h6,8,10,12H,4-5,7,9,11,13-14H2,1-3H3,(H2,20,21,22);1H. The highest BCUT2D eigenvalue weighted by Gasteiger charge is 2.13. The van der Waals surface area contributed by atoms with Crippen LogP contribution in [0.25, 0.3) is 0 Å². The third-order valence-electron chi connectivity index (χ3n) is 4.28. The lowest BCUT2D eigenvalue weighted by atomic mass is 10.1. The first-order valence-corrected chi connectivity index (χ1v) is 9.25. The van der Waals surface area contributed by atoms with Crippen LogP contribution in [0.2, 0.25) is 0 Å². The number of nitrogens with zero attached hydrogens (tertiary/aromatic N) is 3. The van der Waals surface area contributed by atoms with Crippen LogP contribution in [-0.2, 0) is 25.9 Å². The van der Waals surface area contributed by atoms with E-state index in [4.69, 9.17) is 4.52 Å². The zero-order valence-electron chi connectivity index (χ0n) is 16.3. The van der Waals surface area contributed by atoms with Gasteiger partial charge in [-0.05, 0) is 25.3 Å². The summed E-state index contributed by atoms with van der Waals surface area (Å²) >= 11 is 0. The van der Waals surface area contributed by atoms with Gasteiger partial charge in [-0.1, -0.05) is 25.1 Å². The van der Waals surface area contributed by atoms with Crippen LogP contribution >= 0.6 is 24.0 Å². The minimum atomic E-state index is 0. The second-order valence-electron chi connectivity index (χ2n) is 6.03. The molecule has 0 radical (unpaired) electrons. The number of nitrogens with one attached hydrogen (secondary N) is 2. The van der Waals surface area contributed by atoms with Crippen LogP contribution in [0.5, 0.6) is 0 Å². The van der Waals surface area contributed by atoms with Gasteiger partial charge in [-0.25, -0.2) is 0 Å². The summed E-state index contributed by atoms with van der Waals surface area (Å²) in [5.74, 6) is 1.69. The largest absolute Gasteiger partial charge is 0.361 e. The lowest BCUT2D eigenvalue weighted by Gasteiger charge is -2.12. The van der Waals surface area contributed by atoms with Crippen molar-refractivity contribution in [1.82, 2.24) is 20.4 Å². The lowest BCUT2D eigenvalue weighted by molar-refractivity contribution is 0.380. The van der Waals surface area contributed by atoms with Crippen molar-refractivity contribution in [2.45, 2.75) is 52.6 Å². The zero-order valence-corrected chi connectivity index (χ0v) is 18.7. The van der Waals surface area contributed by atoms with Gasteiger partial charge in [0.05, 0.1) is 5.69 Å². The van der Waals surface area contributed by atoms with Crippen LogP contribution in [-0.4, -0.2) is 29.3 Å². The molecule has 0 amide bonds. The minimum Gasteiger partial charge on any atom is -0.361 e. The topological polar surface area (TPSA) is 84.4 Å². The highest BCUT2D eigenvalue weighted by atomic mass is 127. The summed E-state index contributed by atoms with van der Waals surface area (Å²) < 4.78 is 7.12. The average molecular weight is 487 g/mol. The summed E-state index contributed by atoms with van der Waals surface area (Å²) in [5.41, 5.74) is 2.17. The number of hydrogen-bond acceptors (Lipinski definition) is 4. The fourth-order valence-electron chi connectivity index (χ4n) is 2.79. The molecule has 0 fully saturated rings. The molecule has 0 aliphatic heterocycles. The Morgan fingerprint density at radius 2 is 2.04 bits per heavy atom. The molecule has 150 valence electrons. The highest BCUT2D eigenvalue weighted by Crippen LogP contribution is 2.15. The Hall–Kier alpha value is -1.84. The number of hydrogen-bond donors (Lipinski definition) is 2. The van der Waals surface area contributed by atoms with Crippen molar-refractivity contribution >= 4 is 29.9 Å². The van der Waals surface area contributed by atoms with Crippen LogP contribution in [0, 0.1) is 0 Å². The van der Waals surface area contributed by atoms with E-state index in [9.17, 15) is 4.79 Å². The fourth-order valence-corrected chi connectivity index (χ4v) is 2.79. The first-order valence-electron chi connectivity index (χ1n) is 9.25. The van der Waals surface area contributed by atoms with E-state index in [1.54, 1.807) is 23.7 Å². The molecule has 2 aromatic heterocycles. The molecule has 2 N–H and O–H groups in total. The van der Waals surface area contributed by atoms with Crippen molar-refractivity contribution in [2.75, 3.05) is 13.6 Å². The average Bonchev–Trinajstić information content (AvgIpc) is 3.07. The summed E-state index contributed by atoms with van der Waals surface area (Å²) in [7, 11) is 1.76. The molecule has 2 aromatic rings. The highest BCUT2D eigenvalue weighted by molar-refractivity contribution is 14.0. The molecular formula is C19H30IN5O2.